The van der Waals surface area contributed by atoms with Gasteiger partial charge in [-0.3, -0.25) is 4.79 Å². The highest BCUT2D eigenvalue weighted by Crippen LogP contribution is 2.46. The number of hydrogen-bond acceptors (Lipinski definition) is 2. The molecule has 0 saturated heterocycles. The highest BCUT2D eigenvalue weighted by molar-refractivity contribution is 6.32. The summed E-state index contributed by atoms with van der Waals surface area (Å²) in [6, 6.07) is 3.91. The van der Waals surface area contributed by atoms with E-state index in [-0.39, 0.29) is 11.5 Å². The molecule has 2 nitrogen and oxygen atoms in total. The Kier molecular flexibility index (Phi) is 3.91. The lowest BCUT2D eigenvalue weighted by Gasteiger charge is -2.46. The van der Waals surface area contributed by atoms with Gasteiger partial charge in [0.15, 0.2) is 0 Å². The van der Waals surface area contributed by atoms with Crippen molar-refractivity contribution in [2.75, 3.05) is 0 Å². The van der Waals surface area contributed by atoms with Crippen LogP contribution in [0.15, 0.2) is 12.1 Å². The summed E-state index contributed by atoms with van der Waals surface area (Å²) in [5.41, 5.74) is 1.75. The molecule has 0 spiro atoms. The van der Waals surface area contributed by atoms with E-state index in [2.05, 4.69) is 13.8 Å². The van der Waals surface area contributed by atoms with Crippen molar-refractivity contribution in [3.63, 3.8) is 0 Å². The number of rotatable bonds is 4. The van der Waals surface area contributed by atoms with Gasteiger partial charge in [-0.25, -0.2) is 0 Å². The lowest BCUT2D eigenvalue weighted by Crippen LogP contribution is -2.56. The van der Waals surface area contributed by atoms with Crippen molar-refractivity contribution < 1.29 is 9.53 Å². The lowest BCUT2D eigenvalue weighted by atomic mass is 9.61. The third-order valence-corrected chi connectivity index (χ3v) is 5.09. The van der Waals surface area contributed by atoms with Crippen molar-refractivity contribution in [1.82, 2.24) is 0 Å². The van der Waals surface area contributed by atoms with Gasteiger partial charge in [0.2, 0.25) is 0 Å². The van der Waals surface area contributed by atoms with Crippen LogP contribution in [0.25, 0.3) is 0 Å². The SMILES string of the molecule is CCC1(CC)C(=O)CC1Oc1cc(C)c(Cl)c(C)c1. The predicted molar refractivity (Wildman–Crippen MR) is 78.0 cm³/mol. The second kappa shape index (κ2) is 5.16. The Morgan fingerprint density at radius 3 is 2.21 bits per heavy atom. The van der Waals surface area contributed by atoms with Gasteiger partial charge in [-0.15, -0.1) is 0 Å². The number of ether oxygens (including phenoxy) is 1. The largest absolute Gasteiger partial charge is 0.489 e. The first-order valence-corrected chi connectivity index (χ1v) is 7.29. The summed E-state index contributed by atoms with van der Waals surface area (Å²) >= 11 is 6.16. The van der Waals surface area contributed by atoms with Crippen molar-refractivity contribution in [2.24, 2.45) is 5.41 Å². The fourth-order valence-corrected chi connectivity index (χ4v) is 3.12. The van der Waals surface area contributed by atoms with Gasteiger partial charge in [-0.1, -0.05) is 25.4 Å². The van der Waals surface area contributed by atoms with Crippen LogP contribution in [-0.4, -0.2) is 11.9 Å². The molecule has 1 aliphatic rings. The average molecular weight is 281 g/mol. The number of benzene rings is 1. The molecule has 1 atom stereocenters. The van der Waals surface area contributed by atoms with Crippen molar-refractivity contribution in [3.8, 4) is 5.75 Å². The summed E-state index contributed by atoms with van der Waals surface area (Å²) in [6.45, 7) is 8.08. The van der Waals surface area contributed by atoms with E-state index in [4.69, 9.17) is 16.3 Å². The molecule has 1 aromatic rings. The summed E-state index contributed by atoms with van der Waals surface area (Å²) in [6.07, 6.45) is 2.23. The zero-order valence-corrected chi connectivity index (χ0v) is 12.8. The van der Waals surface area contributed by atoms with E-state index in [1.807, 2.05) is 26.0 Å². The molecule has 1 fully saturated rings. The predicted octanol–water partition coefficient (Wildman–Crippen LogP) is 4.48. The molecule has 0 amide bonds. The lowest BCUT2D eigenvalue weighted by molar-refractivity contribution is -0.153. The van der Waals surface area contributed by atoms with Crippen LogP contribution >= 0.6 is 11.6 Å². The first-order chi connectivity index (χ1) is 8.94. The number of halogens is 1. The number of Topliss-reactive ketones (excluding diaryl/α,β-unsaturated/α-hetero) is 1. The quantitative estimate of drug-likeness (QED) is 0.813. The molecule has 1 aromatic carbocycles. The zero-order chi connectivity index (χ0) is 14.2. The van der Waals surface area contributed by atoms with Crippen LogP contribution in [0.3, 0.4) is 0 Å². The number of aryl methyl sites for hydroxylation is 2. The Balaban J connectivity index is 2.21. The second-order valence-electron chi connectivity index (χ2n) is 5.47. The molecule has 0 heterocycles. The van der Waals surface area contributed by atoms with Gasteiger partial charge in [0.25, 0.3) is 0 Å². The minimum atomic E-state index is -0.276. The highest BCUT2D eigenvalue weighted by Gasteiger charge is 2.53. The molecule has 0 aliphatic heterocycles. The van der Waals surface area contributed by atoms with Gasteiger partial charge in [0.05, 0.1) is 5.41 Å². The first-order valence-electron chi connectivity index (χ1n) is 6.91. The molecule has 2 rings (SSSR count). The Morgan fingerprint density at radius 2 is 1.79 bits per heavy atom. The topological polar surface area (TPSA) is 26.3 Å². The van der Waals surface area contributed by atoms with Crippen LogP contribution in [0.4, 0.5) is 0 Å². The van der Waals surface area contributed by atoms with Crippen LogP contribution in [0.1, 0.15) is 44.2 Å². The molecule has 0 bridgehead atoms. The molecule has 1 unspecified atom stereocenters. The van der Waals surface area contributed by atoms with Gasteiger partial charge in [0, 0.05) is 11.4 Å². The van der Waals surface area contributed by atoms with Gasteiger partial charge in [-0.2, -0.15) is 0 Å². The van der Waals surface area contributed by atoms with E-state index in [0.717, 1.165) is 34.7 Å². The van der Waals surface area contributed by atoms with E-state index in [1.54, 1.807) is 0 Å². The maximum absolute atomic E-state index is 11.9. The fourth-order valence-electron chi connectivity index (χ4n) is 3.01. The first kappa shape index (κ1) is 14.4. The molecule has 1 aliphatic carbocycles. The van der Waals surface area contributed by atoms with E-state index < -0.39 is 0 Å². The van der Waals surface area contributed by atoms with E-state index >= 15 is 0 Å². The molecule has 104 valence electrons. The van der Waals surface area contributed by atoms with Crippen molar-refractivity contribution in [2.45, 2.75) is 53.1 Å². The zero-order valence-electron chi connectivity index (χ0n) is 12.0. The normalized spacial score (nSPS) is 21.1. The number of hydrogen-bond donors (Lipinski definition) is 0. The Morgan fingerprint density at radius 1 is 1.26 bits per heavy atom. The second-order valence-corrected chi connectivity index (χ2v) is 5.85. The summed E-state index contributed by atoms with van der Waals surface area (Å²) in [7, 11) is 0. The minimum Gasteiger partial charge on any atom is -0.489 e. The molecule has 19 heavy (non-hydrogen) atoms. The standard InChI is InChI=1S/C16H21ClO2/c1-5-16(6-2)13(18)9-14(16)19-12-7-10(3)15(17)11(4)8-12/h7-8,14H,5-6,9H2,1-4H3. The molecule has 1 saturated carbocycles. The van der Waals surface area contributed by atoms with Crippen LogP contribution in [-0.2, 0) is 4.79 Å². The van der Waals surface area contributed by atoms with Gasteiger partial charge in [-0.05, 0) is 49.9 Å². The Labute approximate surface area is 120 Å². The Bertz CT molecular complexity index is 480. The average Bonchev–Trinajstić information content (AvgIpc) is 2.37. The number of carbonyl (C=O) groups is 1. The van der Waals surface area contributed by atoms with Crippen molar-refractivity contribution in [1.29, 1.82) is 0 Å². The van der Waals surface area contributed by atoms with Crippen LogP contribution in [0.5, 0.6) is 5.75 Å². The third-order valence-electron chi connectivity index (χ3n) is 4.49. The van der Waals surface area contributed by atoms with E-state index in [0.29, 0.717) is 12.2 Å². The van der Waals surface area contributed by atoms with Gasteiger partial charge < -0.3 is 4.74 Å². The summed E-state index contributed by atoms with van der Waals surface area (Å²) in [5.74, 6) is 1.16. The highest BCUT2D eigenvalue weighted by atomic mass is 35.5. The van der Waals surface area contributed by atoms with E-state index in [9.17, 15) is 4.79 Å². The van der Waals surface area contributed by atoms with Crippen LogP contribution < -0.4 is 4.74 Å². The van der Waals surface area contributed by atoms with Gasteiger partial charge in [0.1, 0.15) is 17.6 Å². The van der Waals surface area contributed by atoms with Crippen molar-refractivity contribution in [3.05, 3.63) is 28.3 Å². The van der Waals surface area contributed by atoms with Crippen LogP contribution in [0, 0.1) is 19.3 Å². The molecular weight excluding hydrogens is 260 g/mol. The molecular formula is C16H21ClO2. The maximum Gasteiger partial charge on any atom is 0.146 e. The van der Waals surface area contributed by atoms with Crippen LogP contribution in [0.2, 0.25) is 5.02 Å². The maximum atomic E-state index is 11.9. The van der Waals surface area contributed by atoms with Crippen molar-refractivity contribution >= 4 is 17.4 Å². The molecule has 3 heteroatoms. The smallest absolute Gasteiger partial charge is 0.146 e. The summed E-state index contributed by atoms with van der Waals surface area (Å²) in [5, 5.41) is 0.786. The fraction of sp³-hybridized carbons (Fsp3) is 0.562. The molecule has 0 aromatic heterocycles. The van der Waals surface area contributed by atoms with E-state index in [1.165, 1.54) is 0 Å². The molecule has 0 radical (unpaired) electrons. The van der Waals surface area contributed by atoms with Gasteiger partial charge >= 0.3 is 0 Å². The molecule has 0 N–H and O–H groups in total. The Hall–Kier alpha value is -1.02. The number of carbonyl (C=O) groups excluding carboxylic acids is 1. The monoisotopic (exact) mass is 280 g/mol. The number of ketones is 1. The summed E-state index contributed by atoms with van der Waals surface area (Å²) < 4.78 is 6.06. The third kappa shape index (κ3) is 2.27. The minimum absolute atomic E-state index is 0.00924. The summed E-state index contributed by atoms with van der Waals surface area (Å²) in [4.78, 5) is 11.9.